The molecule has 0 saturated heterocycles. The number of hydrogen-bond donors (Lipinski definition) is 1. The lowest BCUT2D eigenvalue weighted by molar-refractivity contribution is -0.128. The molecule has 0 saturated carbocycles. The minimum absolute atomic E-state index is 0.176. The third-order valence-electron chi connectivity index (χ3n) is 3.90. The van der Waals surface area contributed by atoms with E-state index in [9.17, 15) is 4.79 Å². The van der Waals surface area contributed by atoms with Gasteiger partial charge in [-0.25, -0.2) is 0 Å². The molecule has 0 fully saturated rings. The van der Waals surface area contributed by atoms with Crippen LogP contribution in [0.4, 0.5) is 0 Å². The second kappa shape index (κ2) is 9.56. The van der Waals surface area contributed by atoms with E-state index in [1.165, 1.54) is 0 Å². The SMILES string of the molecule is CC[C@H](Oc1cccc(OC)c1)C(=O)NCc1ccc(OC)c(OC)c1. The van der Waals surface area contributed by atoms with Gasteiger partial charge in [-0.2, -0.15) is 0 Å². The molecule has 2 aromatic carbocycles. The second-order valence-electron chi connectivity index (χ2n) is 5.60. The van der Waals surface area contributed by atoms with Crippen LogP contribution < -0.4 is 24.3 Å². The Balaban J connectivity index is 1.98. The van der Waals surface area contributed by atoms with Crippen LogP contribution >= 0.6 is 0 Å². The van der Waals surface area contributed by atoms with Gasteiger partial charge in [0.05, 0.1) is 21.3 Å². The summed E-state index contributed by atoms with van der Waals surface area (Å²) in [4.78, 5) is 12.5. The van der Waals surface area contributed by atoms with Crippen LogP contribution in [0.1, 0.15) is 18.9 Å². The van der Waals surface area contributed by atoms with Gasteiger partial charge in [0, 0.05) is 12.6 Å². The van der Waals surface area contributed by atoms with Crippen molar-refractivity contribution < 1.29 is 23.7 Å². The zero-order chi connectivity index (χ0) is 18.9. The smallest absolute Gasteiger partial charge is 0.261 e. The normalized spacial score (nSPS) is 11.4. The average molecular weight is 359 g/mol. The molecule has 0 aliphatic carbocycles. The van der Waals surface area contributed by atoms with E-state index in [-0.39, 0.29) is 5.91 Å². The van der Waals surface area contributed by atoms with Gasteiger partial charge in [0.2, 0.25) is 0 Å². The van der Waals surface area contributed by atoms with Gasteiger partial charge in [-0.1, -0.05) is 19.1 Å². The molecule has 2 aromatic rings. The fourth-order valence-electron chi connectivity index (χ4n) is 2.45. The number of benzene rings is 2. The average Bonchev–Trinajstić information content (AvgIpc) is 2.69. The van der Waals surface area contributed by atoms with Crippen molar-refractivity contribution in [1.29, 1.82) is 0 Å². The molecule has 140 valence electrons. The summed E-state index contributed by atoms with van der Waals surface area (Å²) in [5.41, 5.74) is 0.909. The summed E-state index contributed by atoms with van der Waals surface area (Å²) in [5, 5.41) is 2.90. The molecule has 0 heterocycles. The van der Waals surface area contributed by atoms with Gasteiger partial charge in [-0.3, -0.25) is 4.79 Å². The first-order valence-electron chi connectivity index (χ1n) is 8.40. The number of ether oxygens (including phenoxy) is 4. The lowest BCUT2D eigenvalue weighted by atomic mass is 10.2. The molecule has 0 aromatic heterocycles. The number of carbonyl (C=O) groups is 1. The van der Waals surface area contributed by atoms with Crippen molar-refractivity contribution in [3.05, 3.63) is 48.0 Å². The van der Waals surface area contributed by atoms with E-state index < -0.39 is 6.10 Å². The summed E-state index contributed by atoms with van der Waals surface area (Å²) in [6.45, 7) is 2.28. The molecule has 0 unspecified atom stereocenters. The van der Waals surface area contributed by atoms with E-state index in [1.807, 2.05) is 37.3 Å². The number of amides is 1. The molecule has 0 bridgehead atoms. The van der Waals surface area contributed by atoms with Crippen LogP contribution in [0.3, 0.4) is 0 Å². The lowest BCUT2D eigenvalue weighted by Crippen LogP contribution is -2.37. The van der Waals surface area contributed by atoms with E-state index in [0.29, 0.717) is 36.0 Å². The molecule has 0 spiro atoms. The predicted octanol–water partition coefficient (Wildman–Crippen LogP) is 3.19. The highest BCUT2D eigenvalue weighted by atomic mass is 16.5. The van der Waals surface area contributed by atoms with E-state index in [0.717, 1.165) is 5.56 Å². The second-order valence-corrected chi connectivity index (χ2v) is 5.60. The maximum absolute atomic E-state index is 12.5. The Morgan fingerprint density at radius 3 is 2.35 bits per heavy atom. The fourth-order valence-corrected chi connectivity index (χ4v) is 2.45. The highest BCUT2D eigenvalue weighted by molar-refractivity contribution is 5.81. The summed E-state index contributed by atoms with van der Waals surface area (Å²) < 4.78 is 21.5. The van der Waals surface area contributed by atoms with Gasteiger partial charge in [-0.05, 0) is 36.2 Å². The summed E-state index contributed by atoms with van der Waals surface area (Å²) in [5.74, 6) is 2.37. The maximum atomic E-state index is 12.5. The summed E-state index contributed by atoms with van der Waals surface area (Å²) in [6.07, 6.45) is -0.0307. The predicted molar refractivity (Wildman–Crippen MR) is 99.1 cm³/mol. The fraction of sp³-hybridized carbons (Fsp3) is 0.350. The van der Waals surface area contributed by atoms with Crippen LogP contribution in [0, 0.1) is 0 Å². The molecule has 0 aliphatic heterocycles. The van der Waals surface area contributed by atoms with Crippen LogP contribution in [0.5, 0.6) is 23.0 Å². The van der Waals surface area contributed by atoms with Crippen LogP contribution in [-0.4, -0.2) is 33.3 Å². The first kappa shape index (κ1) is 19.4. The number of rotatable bonds is 9. The van der Waals surface area contributed by atoms with E-state index >= 15 is 0 Å². The van der Waals surface area contributed by atoms with Crippen molar-refractivity contribution >= 4 is 5.91 Å². The molecule has 6 nitrogen and oxygen atoms in total. The highest BCUT2D eigenvalue weighted by Gasteiger charge is 2.18. The zero-order valence-electron chi connectivity index (χ0n) is 15.6. The van der Waals surface area contributed by atoms with Gasteiger partial charge < -0.3 is 24.3 Å². The first-order valence-corrected chi connectivity index (χ1v) is 8.40. The summed E-state index contributed by atoms with van der Waals surface area (Å²) >= 11 is 0. The van der Waals surface area contributed by atoms with Gasteiger partial charge in [0.15, 0.2) is 17.6 Å². The molecule has 1 atom stereocenters. The minimum Gasteiger partial charge on any atom is -0.497 e. The monoisotopic (exact) mass is 359 g/mol. The first-order chi connectivity index (χ1) is 12.6. The van der Waals surface area contributed by atoms with Crippen molar-refractivity contribution in [1.82, 2.24) is 5.32 Å². The maximum Gasteiger partial charge on any atom is 0.261 e. The molecule has 6 heteroatoms. The molecule has 2 rings (SSSR count). The Labute approximate surface area is 154 Å². The Kier molecular flexibility index (Phi) is 7.14. The standard InChI is InChI=1S/C20H25NO5/c1-5-17(26-16-8-6-7-15(12-16)23-2)20(22)21-13-14-9-10-18(24-3)19(11-14)25-4/h6-12,17H,5,13H2,1-4H3,(H,21,22)/t17-/m0/s1. The van der Waals surface area contributed by atoms with Crippen LogP contribution in [0.25, 0.3) is 0 Å². The zero-order valence-corrected chi connectivity index (χ0v) is 15.6. The van der Waals surface area contributed by atoms with Crippen LogP contribution in [0.15, 0.2) is 42.5 Å². The van der Waals surface area contributed by atoms with Gasteiger partial charge in [-0.15, -0.1) is 0 Å². The number of nitrogens with one attached hydrogen (secondary N) is 1. The molecular formula is C20H25NO5. The van der Waals surface area contributed by atoms with Gasteiger partial charge in [0.1, 0.15) is 11.5 Å². The molecule has 26 heavy (non-hydrogen) atoms. The van der Waals surface area contributed by atoms with E-state index in [1.54, 1.807) is 33.5 Å². The quantitative estimate of drug-likeness (QED) is 0.745. The topological polar surface area (TPSA) is 66.0 Å². The van der Waals surface area contributed by atoms with Crippen molar-refractivity contribution in [2.75, 3.05) is 21.3 Å². The largest absolute Gasteiger partial charge is 0.497 e. The van der Waals surface area contributed by atoms with Crippen LogP contribution in [0.2, 0.25) is 0 Å². The third kappa shape index (κ3) is 5.05. The van der Waals surface area contributed by atoms with E-state index in [2.05, 4.69) is 5.32 Å². The molecule has 1 N–H and O–H groups in total. The Bertz CT molecular complexity index is 732. The number of hydrogen-bond acceptors (Lipinski definition) is 5. The molecular weight excluding hydrogens is 334 g/mol. The van der Waals surface area contributed by atoms with Crippen molar-refractivity contribution in [3.63, 3.8) is 0 Å². The highest BCUT2D eigenvalue weighted by Crippen LogP contribution is 2.27. The summed E-state index contributed by atoms with van der Waals surface area (Å²) in [7, 11) is 4.75. The van der Waals surface area contributed by atoms with Gasteiger partial charge in [0.25, 0.3) is 5.91 Å². The summed E-state index contributed by atoms with van der Waals surface area (Å²) in [6, 6.07) is 12.7. The minimum atomic E-state index is -0.581. The Morgan fingerprint density at radius 1 is 0.962 bits per heavy atom. The molecule has 0 radical (unpaired) electrons. The van der Waals surface area contributed by atoms with Crippen molar-refractivity contribution in [2.24, 2.45) is 0 Å². The van der Waals surface area contributed by atoms with Gasteiger partial charge >= 0.3 is 0 Å². The van der Waals surface area contributed by atoms with Crippen molar-refractivity contribution in [3.8, 4) is 23.0 Å². The van der Waals surface area contributed by atoms with Crippen LogP contribution in [-0.2, 0) is 11.3 Å². The van der Waals surface area contributed by atoms with E-state index in [4.69, 9.17) is 18.9 Å². The molecule has 0 aliphatic rings. The lowest BCUT2D eigenvalue weighted by Gasteiger charge is -2.18. The number of methoxy groups -OCH3 is 3. The Morgan fingerprint density at radius 2 is 1.69 bits per heavy atom. The van der Waals surface area contributed by atoms with Crippen molar-refractivity contribution in [2.45, 2.75) is 26.0 Å². The number of carbonyl (C=O) groups excluding carboxylic acids is 1. The molecule has 1 amide bonds. The third-order valence-corrected chi connectivity index (χ3v) is 3.90. The Hall–Kier alpha value is -2.89.